The average molecular weight is 291 g/mol. The minimum Gasteiger partial charge on any atom is -0.392 e. The van der Waals surface area contributed by atoms with Gasteiger partial charge in [0.25, 0.3) is 0 Å². The van der Waals surface area contributed by atoms with Crippen LogP contribution in [0.15, 0.2) is 24.3 Å². The van der Waals surface area contributed by atoms with Gasteiger partial charge in [0.2, 0.25) is 0 Å². The van der Waals surface area contributed by atoms with Crippen molar-refractivity contribution in [3.8, 4) is 0 Å². The summed E-state index contributed by atoms with van der Waals surface area (Å²) in [7, 11) is 0. The van der Waals surface area contributed by atoms with Crippen LogP contribution >= 0.6 is 0 Å². The molecule has 1 rings (SSSR count). The Bertz CT molecular complexity index is 381. The SMILES string of the molecule is CCC(CC)C(O)CNC(C)c1ccc(CC(C)C)cc1. The highest BCUT2D eigenvalue weighted by atomic mass is 16.3. The average Bonchev–Trinajstić information content (AvgIpc) is 2.46. The lowest BCUT2D eigenvalue weighted by atomic mass is 9.96. The van der Waals surface area contributed by atoms with Gasteiger partial charge in [-0.1, -0.05) is 64.8 Å². The third kappa shape index (κ3) is 6.19. The highest BCUT2D eigenvalue weighted by molar-refractivity contribution is 5.25. The Hall–Kier alpha value is -0.860. The van der Waals surface area contributed by atoms with Crippen LogP contribution in [0.5, 0.6) is 0 Å². The maximum absolute atomic E-state index is 10.2. The highest BCUT2D eigenvalue weighted by Gasteiger charge is 2.16. The molecule has 2 N–H and O–H groups in total. The van der Waals surface area contributed by atoms with E-state index in [0.29, 0.717) is 18.4 Å². The van der Waals surface area contributed by atoms with E-state index in [1.165, 1.54) is 11.1 Å². The summed E-state index contributed by atoms with van der Waals surface area (Å²) in [4.78, 5) is 0. The smallest absolute Gasteiger partial charge is 0.0692 e. The summed E-state index contributed by atoms with van der Waals surface area (Å²) in [5, 5.41) is 13.6. The molecule has 2 atom stereocenters. The fourth-order valence-corrected chi connectivity index (χ4v) is 2.83. The first-order chi connectivity index (χ1) is 9.97. The number of hydrogen-bond donors (Lipinski definition) is 2. The molecule has 1 aromatic rings. The fourth-order valence-electron chi connectivity index (χ4n) is 2.83. The summed E-state index contributed by atoms with van der Waals surface area (Å²) in [5.41, 5.74) is 2.69. The van der Waals surface area contributed by atoms with Crippen LogP contribution in [0.3, 0.4) is 0 Å². The van der Waals surface area contributed by atoms with Crippen molar-refractivity contribution in [1.29, 1.82) is 0 Å². The minimum atomic E-state index is -0.248. The predicted molar refractivity (Wildman–Crippen MR) is 91.5 cm³/mol. The van der Waals surface area contributed by atoms with Gasteiger partial charge in [0.05, 0.1) is 6.10 Å². The van der Waals surface area contributed by atoms with Gasteiger partial charge in [-0.3, -0.25) is 0 Å². The first kappa shape index (κ1) is 18.2. The molecule has 0 aliphatic heterocycles. The molecule has 120 valence electrons. The van der Waals surface area contributed by atoms with Crippen LogP contribution in [0.2, 0.25) is 0 Å². The molecule has 0 spiro atoms. The molecule has 2 nitrogen and oxygen atoms in total. The summed E-state index contributed by atoms with van der Waals surface area (Å²) >= 11 is 0. The van der Waals surface area contributed by atoms with Crippen LogP contribution in [0.25, 0.3) is 0 Å². The molecule has 0 radical (unpaired) electrons. The third-order valence-electron chi connectivity index (χ3n) is 4.35. The van der Waals surface area contributed by atoms with Crippen molar-refractivity contribution in [2.45, 2.75) is 66.0 Å². The number of rotatable bonds is 9. The Labute approximate surface area is 131 Å². The number of benzene rings is 1. The lowest BCUT2D eigenvalue weighted by molar-refractivity contribution is 0.0989. The van der Waals surface area contributed by atoms with Crippen molar-refractivity contribution in [1.82, 2.24) is 5.32 Å². The molecule has 1 aromatic carbocycles. The van der Waals surface area contributed by atoms with E-state index in [2.05, 4.69) is 64.2 Å². The van der Waals surface area contributed by atoms with Gasteiger partial charge in [-0.25, -0.2) is 0 Å². The standard InChI is InChI=1S/C19H33NO/c1-6-17(7-2)19(21)13-20-15(5)18-10-8-16(9-11-18)12-14(3)4/h8-11,14-15,17,19-21H,6-7,12-13H2,1-5H3. The molecule has 0 saturated carbocycles. The highest BCUT2D eigenvalue weighted by Crippen LogP contribution is 2.17. The van der Waals surface area contributed by atoms with E-state index in [0.717, 1.165) is 19.3 Å². The summed E-state index contributed by atoms with van der Waals surface area (Å²) in [6.07, 6.45) is 2.97. The molecular weight excluding hydrogens is 258 g/mol. The predicted octanol–water partition coefficient (Wildman–Crippen LogP) is 4.33. The van der Waals surface area contributed by atoms with Crippen molar-refractivity contribution in [2.24, 2.45) is 11.8 Å². The summed E-state index contributed by atoms with van der Waals surface area (Å²) in [6.45, 7) is 11.6. The first-order valence-electron chi connectivity index (χ1n) is 8.48. The van der Waals surface area contributed by atoms with Gasteiger partial charge in [-0.05, 0) is 36.3 Å². The molecule has 0 fully saturated rings. The maximum Gasteiger partial charge on any atom is 0.0692 e. The molecule has 2 heteroatoms. The first-order valence-corrected chi connectivity index (χ1v) is 8.48. The van der Waals surface area contributed by atoms with E-state index < -0.39 is 0 Å². The molecule has 0 aliphatic carbocycles. The van der Waals surface area contributed by atoms with Gasteiger partial charge in [-0.15, -0.1) is 0 Å². The number of hydrogen-bond acceptors (Lipinski definition) is 2. The summed E-state index contributed by atoms with van der Waals surface area (Å²) < 4.78 is 0. The van der Waals surface area contributed by atoms with Crippen LogP contribution in [-0.4, -0.2) is 17.8 Å². The van der Waals surface area contributed by atoms with Crippen LogP contribution in [-0.2, 0) is 6.42 Å². The Morgan fingerprint density at radius 1 is 1.00 bits per heavy atom. The van der Waals surface area contributed by atoms with Gasteiger partial charge in [0.1, 0.15) is 0 Å². The lowest BCUT2D eigenvalue weighted by Crippen LogP contribution is -2.33. The van der Waals surface area contributed by atoms with Crippen molar-refractivity contribution in [2.75, 3.05) is 6.54 Å². The van der Waals surface area contributed by atoms with E-state index in [4.69, 9.17) is 0 Å². The van der Waals surface area contributed by atoms with Crippen molar-refractivity contribution >= 4 is 0 Å². The molecule has 21 heavy (non-hydrogen) atoms. The molecule has 0 aliphatic rings. The van der Waals surface area contributed by atoms with E-state index in [9.17, 15) is 5.11 Å². The fraction of sp³-hybridized carbons (Fsp3) is 0.684. The Morgan fingerprint density at radius 3 is 2.05 bits per heavy atom. The zero-order chi connectivity index (χ0) is 15.8. The minimum absolute atomic E-state index is 0.248. The van der Waals surface area contributed by atoms with Gasteiger partial charge in [0.15, 0.2) is 0 Å². The topological polar surface area (TPSA) is 32.3 Å². The number of aliphatic hydroxyl groups is 1. The van der Waals surface area contributed by atoms with Crippen LogP contribution < -0.4 is 5.32 Å². The Morgan fingerprint density at radius 2 is 1.57 bits per heavy atom. The number of nitrogens with one attached hydrogen (secondary N) is 1. The van der Waals surface area contributed by atoms with Crippen molar-refractivity contribution in [3.05, 3.63) is 35.4 Å². The van der Waals surface area contributed by atoms with Gasteiger partial charge < -0.3 is 10.4 Å². The summed E-state index contributed by atoms with van der Waals surface area (Å²) in [5.74, 6) is 1.10. The molecule has 0 amide bonds. The number of aliphatic hydroxyl groups excluding tert-OH is 1. The normalized spacial score (nSPS) is 14.7. The monoisotopic (exact) mass is 291 g/mol. The van der Waals surface area contributed by atoms with Gasteiger partial charge in [0, 0.05) is 12.6 Å². The van der Waals surface area contributed by atoms with E-state index >= 15 is 0 Å². The van der Waals surface area contributed by atoms with Gasteiger partial charge in [-0.2, -0.15) is 0 Å². The second kappa shape index (κ2) is 9.22. The maximum atomic E-state index is 10.2. The summed E-state index contributed by atoms with van der Waals surface area (Å²) in [6, 6.07) is 9.15. The van der Waals surface area contributed by atoms with Crippen molar-refractivity contribution in [3.63, 3.8) is 0 Å². The molecular formula is C19H33NO. The molecule has 2 unspecified atom stereocenters. The van der Waals surface area contributed by atoms with Crippen LogP contribution in [0.1, 0.15) is 64.6 Å². The van der Waals surface area contributed by atoms with Crippen molar-refractivity contribution < 1.29 is 5.11 Å². The zero-order valence-corrected chi connectivity index (χ0v) is 14.4. The third-order valence-corrected chi connectivity index (χ3v) is 4.35. The largest absolute Gasteiger partial charge is 0.392 e. The van der Waals surface area contributed by atoms with Crippen LogP contribution in [0.4, 0.5) is 0 Å². The lowest BCUT2D eigenvalue weighted by Gasteiger charge is -2.23. The second-order valence-electron chi connectivity index (χ2n) is 6.61. The van der Waals surface area contributed by atoms with Gasteiger partial charge >= 0.3 is 0 Å². The Kier molecular flexibility index (Phi) is 7.98. The molecule has 0 aromatic heterocycles. The van der Waals surface area contributed by atoms with E-state index in [1.807, 2.05) is 0 Å². The van der Waals surface area contributed by atoms with E-state index in [-0.39, 0.29) is 12.1 Å². The molecule has 0 heterocycles. The van der Waals surface area contributed by atoms with E-state index in [1.54, 1.807) is 0 Å². The molecule has 0 saturated heterocycles. The second-order valence-corrected chi connectivity index (χ2v) is 6.61. The van der Waals surface area contributed by atoms with Crippen LogP contribution in [0, 0.1) is 11.8 Å². The Balaban J connectivity index is 2.50. The molecule has 0 bridgehead atoms. The zero-order valence-electron chi connectivity index (χ0n) is 14.4. The quantitative estimate of drug-likeness (QED) is 0.709.